The van der Waals surface area contributed by atoms with E-state index in [1.807, 2.05) is 0 Å². The number of nitrogens with zero attached hydrogens (tertiary/aromatic N) is 3. The summed E-state index contributed by atoms with van der Waals surface area (Å²) in [6.07, 6.45) is -2.77. The lowest BCUT2D eigenvalue weighted by Crippen LogP contribution is -2.50. The van der Waals surface area contributed by atoms with E-state index in [0.29, 0.717) is 4.90 Å². The van der Waals surface area contributed by atoms with Crippen molar-refractivity contribution < 1.29 is 27.7 Å². The van der Waals surface area contributed by atoms with Crippen molar-refractivity contribution >= 4 is 29.3 Å². The molecule has 2 aromatic carbocycles. The summed E-state index contributed by atoms with van der Waals surface area (Å²) in [6, 6.07) is 8.49. The Morgan fingerprint density at radius 2 is 1.61 bits per heavy atom. The molecule has 1 aliphatic heterocycles. The number of carbonyl (C=O) groups is 2. The van der Waals surface area contributed by atoms with E-state index < -0.39 is 28.5 Å². The summed E-state index contributed by atoms with van der Waals surface area (Å²) in [4.78, 5) is 39.6. The van der Waals surface area contributed by atoms with Crippen molar-refractivity contribution in [1.82, 2.24) is 9.80 Å². The fourth-order valence-corrected chi connectivity index (χ4v) is 3.71. The number of piperazine rings is 1. The van der Waals surface area contributed by atoms with E-state index >= 15 is 0 Å². The molecule has 0 saturated carbocycles. The van der Waals surface area contributed by atoms with E-state index in [9.17, 15) is 32.9 Å². The maximum absolute atomic E-state index is 12.9. The largest absolute Gasteiger partial charge is 0.416 e. The summed E-state index contributed by atoms with van der Waals surface area (Å²) in [5, 5.41) is 11.3. The Hall–Kier alpha value is -3.08. The number of rotatable bonds is 4. The number of carbonyl (C=O) groups excluding carboxylic acids is 2. The Kier molecular flexibility index (Phi) is 6.54. The molecule has 164 valence electrons. The predicted molar refractivity (Wildman–Crippen MR) is 108 cm³/mol. The van der Waals surface area contributed by atoms with Crippen molar-refractivity contribution in [1.29, 1.82) is 0 Å². The number of hydrogen-bond acceptors (Lipinski definition) is 5. The molecule has 1 aliphatic rings. The van der Waals surface area contributed by atoms with Crippen molar-refractivity contribution in [2.45, 2.75) is 11.1 Å². The van der Waals surface area contributed by atoms with Gasteiger partial charge in [0, 0.05) is 42.7 Å². The summed E-state index contributed by atoms with van der Waals surface area (Å²) in [5.74, 6) is -1.08. The molecule has 1 fully saturated rings. The summed E-state index contributed by atoms with van der Waals surface area (Å²) >= 11 is 1.35. The number of halogens is 3. The average molecular weight is 453 g/mol. The first kappa shape index (κ1) is 22.6. The van der Waals surface area contributed by atoms with Gasteiger partial charge in [-0.05, 0) is 36.6 Å². The van der Waals surface area contributed by atoms with E-state index in [-0.39, 0.29) is 43.0 Å². The maximum Gasteiger partial charge on any atom is 0.416 e. The minimum Gasteiger partial charge on any atom is -0.335 e. The molecular weight excluding hydrogens is 435 g/mol. The van der Waals surface area contributed by atoms with E-state index in [1.165, 1.54) is 45.8 Å². The zero-order chi connectivity index (χ0) is 22.8. The van der Waals surface area contributed by atoms with Gasteiger partial charge in [0.1, 0.15) is 5.56 Å². The molecule has 3 rings (SSSR count). The second-order valence-electron chi connectivity index (χ2n) is 6.80. The highest BCUT2D eigenvalue weighted by Crippen LogP contribution is 2.30. The smallest absolute Gasteiger partial charge is 0.335 e. The SMILES string of the molecule is CSc1ccc([N+](=O)[O-])c(C(=O)N2CCN(C(=O)c3cccc(C(F)(F)F)c3)CC2)c1. The van der Waals surface area contributed by atoms with Gasteiger partial charge in [0.15, 0.2) is 0 Å². The maximum atomic E-state index is 12.9. The van der Waals surface area contributed by atoms with E-state index in [0.717, 1.165) is 12.1 Å². The zero-order valence-corrected chi connectivity index (χ0v) is 17.2. The van der Waals surface area contributed by atoms with Gasteiger partial charge in [-0.2, -0.15) is 13.2 Å². The van der Waals surface area contributed by atoms with Gasteiger partial charge < -0.3 is 9.80 Å². The van der Waals surface area contributed by atoms with Crippen molar-refractivity contribution in [3.8, 4) is 0 Å². The van der Waals surface area contributed by atoms with Crippen LogP contribution in [-0.2, 0) is 6.18 Å². The molecular formula is C20H18F3N3O4S. The molecule has 0 aliphatic carbocycles. The van der Waals surface area contributed by atoms with Gasteiger partial charge in [0.25, 0.3) is 17.5 Å². The molecule has 1 heterocycles. The minimum atomic E-state index is -4.55. The highest BCUT2D eigenvalue weighted by Gasteiger charge is 2.33. The standard InChI is InChI=1S/C20H18F3N3O4S/c1-31-15-5-6-17(26(29)30)16(12-15)19(28)25-9-7-24(8-10-25)18(27)13-3-2-4-14(11-13)20(21,22)23/h2-6,11-12H,7-10H2,1H3. The van der Waals surface area contributed by atoms with Crippen molar-refractivity contribution in [2.75, 3.05) is 32.4 Å². The molecule has 0 radical (unpaired) electrons. The lowest BCUT2D eigenvalue weighted by Gasteiger charge is -2.34. The van der Waals surface area contributed by atoms with Crippen LogP contribution >= 0.6 is 11.8 Å². The van der Waals surface area contributed by atoms with Crippen LogP contribution in [0.25, 0.3) is 0 Å². The number of thioether (sulfide) groups is 1. The van der Waals surface area contributed by atoms with Crippen LogP contribution in [0.3, 0.4) is 0 Å². The Morgan fingerprint density at radius 3 is 2.16 bits per heavy atom. The number of amides is 2. The molecule has 2 aromatic rings. The van der Waals surface area contributed by atoms with Gasteiger partial charge in [-0.3, -0.25) is 19.7 Å². The average Bonchev–Trinajstić information content (AvgIpc) is 2.77. The van der Waals surface area contributed by atoms with Gasteiger partial charge in [-0.25, -0.2) is 0 Å². The van der Waals surface area contributed by atoms with Crippen LogP contribution in [0.5, 0.6) is 0 Å². The van der Waals surface area contributed by atoms with E-state index in [1.54, 1.807) is 12.3 Å². The Labute approximate surface area is 180 Å². The normalized spacial score (nSPS) is 14.5. The van der Waals surface area contributed by atoms with Crippen molar-refractivity contribution in [3.63, 3.8) is 0 Å². The molecule has 0 unspecified atom stereocenters. The molecule has 2 amide bonds. The van der Waals surface area contributed by atoms with Gasteiger partial charge in [0.05, 0.1) is 10.5 Å². The third kappa shape index (κ3) is 4.98. The first-order chi connectivity index (χ1) is 14.6. The molecule has 7 nitrogen and oxygen atoms in total. The topological polar surface area (TPSA) is 83.8 Å². The van der Waals surface area contributed by atoms with Crippen LogP contribution in [0, 0.1) is 10.1 Å². The minimum absolute atomic E-state index is 0.0329. The molecule has 31 heavy (non-hydrogen) atoms. The van der Waals surface area contributed by atoms with Crippen LogP contribution in [0.1, 0.15) is 26.3 Å². The number of nitro groups is 1. The first-order valence-electron chi connectivity index (χ1n) is 9.20. The second kappa shape index (κ2) is 8.96. The lowest BCUT2D eigenvalue weighted by atomic mass is 10.1. The first-order valence-corrected chi connectivity index (χ1v) is 10.4. The van der Waals surface area contributed by atoms with Crippen LogP contribution in [0.4, 0.5) is 18.9 Å². The Morgan fingerprint density at radius 1 is 1.00 bits per heavy atom. The molecule has 0 aromatic heterocycles. The fourth-order valence-electron chi connectivity index (χ4n) is 3.27. The number of alkyl halides is 3. The summed E-state index contributed by atoms with van der Waals surface area (Å²) in [7, 11) is 0. The molecule has 0 spiro atoms. The second-order valence-corrected chi connectivity index (χ2v) is 7.68. The fraction of sp³-hybridized carbons (Fsp3) is 0.300. The van der Waals surface area contributed by atoms with E-state index in [4.69, 9.17) is 0 Å². The highest BCUT2D eigenvalue weighted by molar-refractivity contribution is 7.98. The summed E-state index contributed by atoms with van der Waals surface area (Å²) in [5.41, 5.74) is -1.33. The van der Waals surface area contributed by atoms with Crippen molar-refractivity contribution in [2.24, 2.45) is 0 Å². The van der Waals surface area contributed by atoms with E-state index in [2.05, 4.69) is 0 Å². The quantitative estimate of drug-likeness (QED) is 0.398. The van der Waals surface area contributed by atoms with Crippen LogP contribution in [-0.4, -0.2) is 59.0 Å². The highest BCUT2D eigenvalue weighted by atomic mass is 32.2. The number of hydrogen-bond donors (Lipinski definition) is 0. The third-order valence-corrected chi connectivity index (χ3v) is 5.65. The molecule has 11 heteroatoms. The molecule has 0 atom stereocenters. The molecule has 0 N–H and O–H groups in total. The third-order valence-electron chi connectivity index (χ3n) is 4.92. The lowest BCUT2D eigenvalue weighted by molar-refractivity contribution is -0.385. The van der Waals surface area contributed by atoms with Crippen LogP contribution in [0.15, 0.2) is 47.4 Å². The zero-order valence-electron chi connectivity index (χ0n) is 16.4. The molecule has 0 bridgehead atoms. The Balaban J connectivity index is 1.72. The summed E-state index contributed by atoms with van der Waals surface area (Å²) in [6.45, 7) is 0.446. The van der Waals surface area contributed by atoms with Gasteiger partial charge in [-0.15, -0.1) is 11.8 Å². The predicted octanol–water partition coefficient (Wildman–Crippen LogP) is 3.93. The summed E-state index contributed by atoms with van der Waals surface area (Å²) < 4.78 is 38.7. The monoisotopic (exact) mass is 453 g/mol. The molecule has 1 saturated heterocycles. The number of nitro benzene ring substituents is 1. The van der Waals surface area contributed by atoms with Crippen molar-refractivity contribution in [3.05, 3.63) is 69.3 Å². The van der Waals surface area contributed by atoms with Crippen LogP contribution < -0.4 is 0 Å². The van der Waals surface area contributed by atoms with Gasteiger partial charge in [0.2, 0.25) is 0 Å². The Bertz CT molecular complexity index is 1020. The van der Waals surface area contributed by atoms with Gasteiger partial charge >= 0.3 is 6.18 Å². The van der Waals surface area contributed by atoms with Gasteiger partial charge in [-0.1, -0.05) is 6.07 Å². The van der Waals surface area contributed by atoms with Crippen LogP contribution in [0.2, 0.25) is 0 Å². The number of benzene rings is 2.